The lowest BCUT2D eigenvalue weighted by Gasteiger charge is -2.25. The van der Waals surface area contributed by atoms with E-state index < -0.39 is 29.6 Å². The van der Waals surface area contributed by atoms with Gasteiger partial charge in [0.05, 0.1) is 6.54 Å². The van der Waals surface area contributed by atoms with Crippen molar-refractivity contribution in [3.63, 3.8) is 0 Å². The van der Waals surface area contributed by atoms with Crippen LogP contribution in [0.3, 0.4) is 0 Å². The Balaban J connectivity index is 1.41. The van der Waals surface area contributed by atoms with E-state index in [1.165, 1.54) is 12.0 Å². The number of aliphatic hydroxyl groups is 1. The fourth-order valence-corrected chi connectivity index (χ4v) is 4.65. The number of benzene rings is 2. The van der Waals surface area contributed by atoms with E-state index in [2.05, 4.69) is 5.32 Å². The predicted molar refractivity (Wildman–Crippen MR) is 122 cm³/mol. The molecule has 1 heterocycles. The lowest BCUT2D eigenvalue weighted by molar-refractivity contribution is -0.157. The van der Waals surface area contributed by atoms with Crippen LogP contribution in [-0.2, 0) is 19.1 Å². The van der Waals surface area contributed by atoms with Crippen LogP contribution < -0.4 is 5.32 Å². The summed E-state index contributed by atoms with van der Waals surface area (Å²) in [5.41, 5.74) is 2.40. The summed E-state index contributed by atoms with van der Waals surface area (Å²) in [5, 5.41) is 22.0. The van der Waals surface area contributed by atoms with Crippen molar-refractivity contribution in [2.24, 2.45) is 0 Å². The third kappa shape index (κ3) is 4.62. The first-order chi connectivity index (χ1) is 16.3. The van der Waals surface area contributed by atoms with Crippen molar-refractivity contribution in [3.8, 4) is 11.1 Å². The lowest BCUT2D eigenvalue weighted by atomic mass is 9.98. The molecule has 180 valence electrons. The molecule has 0 aromatic heterocycles. The number of likely N-dealkylation sites (tertiary alicyclic amines) is 1. The molecule has 2 aromatic carbocycles. The molecule has 34 heavy (non-hydrogen) atoms. The molecule has 2 aromatic rings. The minimum atomic E-state index is -1.98. The SMILES string of the molecule is COCCC(NC(=O)OCC1c2ccccc2-c2ccccc21)C(=O)N1CCC(O)(C(=O)O)C1. The van der Waals surface area contributed by atoms with Crippen LogP contribution in [0.2, 0.25) is 0 Å². The van der Waals surface area contributed by atoms with Gasteiger partial charge in [-0.05, 0) is 22.3 Å². The smallest absolute Gasteiger partial charge is 0.407 e. The molecule has 2 atom stereocenters. The number of fused-ring (bicyclic) bond motifs is 3. The van der Waals surface area contributed by atoms with E-state index >= 15 is 0 Å². The van der Waals surface area contributed by atoms with Gasteiger partial charge in [0.2, 0.25) is 5.91 Å². The van der Waals surface area contributed by atoms with Crippen molar-refractivity contribution < 1.29 is 34.1 Å². The Kier molecular flexibility index (Phi) is 6.85. The van der Waals surface area contributed by atoms with Gasteiger partial charge >= 0.3 is 12.1 Å². The second kappa shape index (κ2) is 9.82. The second-order valence-corrected chi connectivity index (χ2v) is 8.65. The molecule has 2 aliphatic rings. The molecule has 9 nitrogen and oxygen atoms in total. The topological polar surface area (TPSA) is 125 Å². The summed E-state index contributed by atoms with van der Waals surface area (Å²) >= 11 is 0. The predicted octanol–water partition coefficient (Wildman–Crippen LogP) is 1.98. The van der Waals surface area contributed by atoms with E-state index in [0.717, 1.165) is 22.3 Å². The number of amides is 2. The molecule has 0 bridgehead atoms. The molecular weight excluding hydrogens is 440 g/mol. The van der Waals surface area contributed by atoms with Crippen LogP contribution >= 0.6 is 0 Å². The number of ether oxygens (including phenoxy) is 2. The number of β-amino-alcohol motifs (C(OH)–C–C–N with tert-alkyl or cyclic N) is 1. The Morgan fingerprint density at radius 3 is 2.29 bits per heavy atom. The van der Waals surface area contributed by atoms with E-state index in [-0.39, 0.29) is 45.1 Å². The van der Waals surface area contributed by atoms with Gasteiger partial charge in [0.25, 0.3) is 0 Å². The summed E-state index contributed by atoms with van der Waals surface area (Å²) in [7, 11) is 1.48. The molecular formula is C25H28N2O7. The standard InChI is InChI=1S/C25H28N2O7/c1-33-13-10-21(22(28)27-12-11-25(32,15-27)23(29)30)26-24(31)34-14-20-18-8-4-2-6-16(18)17-7-3-5-9-19(17)20/h2-9,20-21,32H,10-15H2,1H3,(H,26,31)(H,29,30). The first-order valence-electron chi connectivity index (χ1n) is 11.2. The summed E-state index contributed by atoms with van der Waals surface area (Å²) in [6, 6.07) is 15.0. The summed E-state index contributed by atoms with van der Waals surface area (Å²) in [6.45, 7) is 0.0547. The van der Waals surface area contributed by atoms with E-state index in [4.69, 9.17) is 9.47 Å². The van der Waals surface area contributed by atoms with Crippen LogP contribution in [0.1, 0.15) is 29.9 Å². The van der Waals surface area contributed by atoms with Crippen molar-refractivity contribution in [1.29, 1.82) is 0 Å². The Hall–Kier alpha value is -3.43. The van der Waals surface area contributed by atoms with Crippen LogP contribution in [0.4, 0.5) is 4.79 Å². The van der Waals surface area contributed by atoms with Crippen molar-refractivity contribution in [2.75, 3.05) is 33.4 Å². The third-order valence-corrected chi connectivity index (χ3v) is 6.50. The maximum absolute atomic E-state index is 13.0. The van der Waals surface area contributed by atoms with Gasteiger partial charge in [0, 0.05) is 39.0 Å². The maximum Gasteiger partial charge on any atom is 0.407 e. The van der Waals surface area contributed by atoms with Gasteiger partial charge in [0.15, 0.2) is 5.60 Å². The van der Waals surface area contributed by atoms with Crippen LogP contribution in [0.5, 0.6) is 0 Å². The zero-order valence-electron chi connectivity index (χ0n) is 18.9. The molecule has 1 fully saturated rings. The minimum absolute atomic E-state index is 0.0734. The molecule has 1 aliphatic heterocycles. The number of rotatable bonds is 8. The lowest BCUT2D eigenvalue weighted by Crippen LogP contribution is -2.50. The van der Waals surface area contributed by atoms with Crippen LogP contribution in [0.15, 0.2) is 48.5 Å². The number of nitrogens with one attached hydrogen (secondary N) is 1. The monoisotopic (exact) mass is 468 g/mol. The van der Waals surface area contributed by atoms with Gasteiger partial charge in [-0.3, -0.25) is 4.79 Å². The van der Waals surface area contributed by atoms with Gasteiger partial charge in [0.1, 0.15) is 12.6 Å². The summed E-state index contributed by atoms with van der Waals surface area (Å²) < 4.78 is 10.6. The minimum Gasteiger partial charge on any atom is -0.479 e. The number of carboxylic acid groups (broad SMARTS) is 1. The molecule has 0 spiro atoms. The molecule has 0 saturated carbocycles. The molecule has 1 saturated heterocycles. The highest BCUT2D eigenvalue weighted by molar-refractivity contribution is 5.88. The Morgan fingerprint density at radius 2 is 1.74 bits per heavy atom. The number of hydrogen-bond acceptors (Lipinski definition) is 6. The number of carbonyl (C=O) groups excluding carboxylic acids is 2. The summed E-state index contributed by atoms with van der Waals surface area (Å²) in [5.74, 6) is -1.97. The maximum atomic E-state index is 13.0. The van der Waals surface area contributed by atoms with Crippen molar-refractivity contribution in [1.82, 2.24) is 10.2 Å². The fraction of sp³-hybridized carbons (Fsp3) is 0.400. The zero-order valence-corrected chi connectivity index (χ0v) is 18.9. The summed E-state index contributed by atoms with van der Waals surface area (Å²) in [6.07, 6.45) is -0.638. The third-order valence-electron chi connectivity index (χ3n) is 6.50. The van der Waals surface area contributed by atoms with Gasteiger partial charge in [-0.1, -0.05) is 48.5 Å². The van der Waals surface area contributed by atoms with Gasteiger partial charge in [-0.2, -0.15) is 0 Å². The van der Waals surface area contributed by atoms with E-state index in [1.54, 1.807) is 0 Å². The second-order valence-electron chi connectivity index (χ2n) is 8.65. The van der Waals surface area contributed by atoms with E-state index in [1.807, 2.05) is 48.5 Å². The van der Waals surface area contributed by atoms with Gasteiger partial charge < -0.3 is 29.9 Å². The van der Waals surface area contributed by atoms with Crippen LogP contribution in [0, 0.1) is 0 Å². The molecule has 2 unspecified atom stereocenters. The molecule has 0 radical (unpaired) electrons. The molecule has 4 rings (SSSR count). The largest absolute Gasteiger partial charge is 0.479 e. The quantitative estimate of drug-likeness (QED) is 0.541. The first kappa shape index (κ1) is 23.7. The number of nitrogens with zero attached hydrogens (tertiary/aromatic N) is 1. The average molecular weight is 469 g/mol. The highest BCUT2D eigenvalue weighted by Gasteiger charge is 2.45. The van der Waals surface area contributed by atoms with E-state index in [9.17, 15) is 24.6 Å². The number of alkyl carbamates (subject to hydrolysis) is 1. The first-order valence-corrected chi connectivity index (χ1v) is 11.2. The number of hydrogen-bond donors (Lipinski definition) is 3. The number of methoxy groups -OCH3 is 1. The molecule has 9 heteroatoms. The van der Waals surface area contributed by atoms with Crippen LogP contribution in [-0.4, -0.2) is 78.1 Å². The number of carboxylic acids is 1. The highest BCUT2D eigenvalue weighted by atomic mass is 16.5. The van der Waals surface area contributed by atoms with E-state index in [0.29, 0.717) is 0 Å². The normalized spacial score (nSPS) is 19.9. The zero-order chi connectivity index (χ0) is 24.3. The fourth-order valence-electron chi connectivity index (χ4n) is 4.65. The molecule has 2 amide bonds. The highest BCUT2D eigenvalue weighted by Crippen LogP contribution is 2.44. The average Bonchev–Trinajstić information content (AvgIpc) is 3.39. The van der Waals surface area contributed by atoms with Crippen molar-refractivity contribution in [3.05, 3.63) is 59.7 Å². The number of carbonyl (C=O) groups is 3. The molecule has 3 N–H and O–H groups in total. The summed E-state index contributed by atoms with van der Waals surface area (Å²) in [4.78, 5) is 38.2. The Bertz CT molecular complexity index is 1040. The Labute approximate surface area is 197 Å². The molecule has 1 aliphatic carbocycles. The van der Waals surface area contributed by atoms with Gasteiger partial charge in [-0.15, -0.1) is 0 Å². The Morgan fingerprint density at radius 1 is 1.12 bits per heavy atom. The number of aliphatic carboxylic acids is 1. The van der Waals surface area contributed by atoms with Gasteiger partial charge in [-0.25, -0.2) is 9.59 Å². The van der Waals surface area contributed by atoms with Crippen molar-refractivity contribution >= 4 is 18.0 Å². The van der Waals surface area contributed by atoms with Crippen molar-refractivity contribution in [2.45, 2.75) is 30.4 Å². The van der Waals surface area contributed by atoms with Crippen LogP contribution in [0.25, 0.3) is 11.1 Å².